The van der Waals surface area contributed by atoms with Crippen molar-refractivity contribution in [3.63, 3.8) is 0 Å². The van der Waals surface area contributed by atoms with Crippen molar-refractivity contribution in [3.8, 4) is 11.5 Å². The summed E-state index contributed by atoms with van der Waals surface area (Å²) in [4.78, 5) is 43.4. The summed E-state index contributed by atoms with van der Waals surface area (Å²) in [5.74, 6) is 0.577. The van der Waals surface area contributed by atoms with E-state index in [1.54, 1.807) is 91.3 Å². The molecule has 0 atom stereocenters. The minimum Gasteiger partial charge on any atom is -0.457 e. The number of aromatic nitrogens is 1. The van der Waals surface area contributed by atoms with E-state index < -0.39 is 11.8 Å². The predicted octanol–water partition coefficient (Wildman–Crippen LogP) is 7.01. The molecule has 0 fully saturated rings. The van der Waals surface area contributed by atoms with Gasteiger partial charge >= 0.3 is 0 Å². The Balaban J connectivity index is 1.14. The molecule has 0 unspecified atom stereocenters. The summed E-state index contributed by atoms with van der Waals surface area (Å²) in [5, 5.41) is 8.41. The van der Waals surface area contributed by atoms with Crippen LogP contribution in [0.1, 0.15) is 15.9 Å². The molecule has 218 valence electrons. The number of nitrogens with zero attached hydrogens (tertiary/aromatic N) is 1. The number of pyridine rings is 1. The van der Waals surface area contributed by atoms with Crippen molar-refractivity contribution in [2.24, 2.45) is 0 Å². The van der Waals surface area contributed by atoms with E-state index in [4.69, 9.17) is 4.74 Å². The van der Waals surface area contributed by atoms with Crippen LogP contribution in [0.4, 0.5) is 11.4 Å². The zero-order valence-electron chi connectivity index (χ0n) is 23.5. The Bertz CT molecular complexity index is 1730. The Hall–Kier alpha value is -5.67. The van der Waals surface area contributed by atoms with Crippen LogP contribution in [-0.2, 0) is 9.59 Å². The lowest BCUT2D eigenvalue weighted by Crippen LogP contribution is -2.30. The van der Waals surface area contributed by atoms with E-state index >= 15 is 0 Å². The molecule has 3 amide bonds. The van der Waals surface area contributed by atoms with Gasteiger partial charge in [0.2, 0.25) is 5.91 Å². The highest BCUT2D eigenvalue weighted by molar-refractivity contribution is 8.00. The highest BCUT2D eigenvalue weighted by Crippen LogP contribution is 2.24. The van der Waals surface area contributed by atoms with Crippen LogP contribution in [-0.4, -0.2) is 28.5 Å². The number of carbonyl (C=O) groups is 3. The van der Waals surface area contributed by atoms with Gasteiger partial charge in [0.15, 0.2) is 0 Å². The molecule has 0 aliphatic carbocycles. The highest BCUT2D eigenvalue weighted by atomic mass is 32.2. The van der Waals surface area contributed by atoms with Crippen molar-refractivity contribution < 1.29 is 19.1 Å². The van der Waals surface area contributed by atoms with Gasteiger partial charge in [-0.3, -0.25) is 19.4 Å². The molecule has 44 heavy (non-hydrogen) atoms. The van der Waals surface area contributed by atoms with Gasteiger partial charge in [-0.05, 0) is 90.5 Å². The largest absolute Gasteiger partial charge is 0.457 e. The SMILES string of the molecule is O=C(CSc1ccc(NC(=O)/C(=C/c2cccnc2)NC(=O)c2ccccc2)cc1)Nc1ccc(Oc2ccccc2)cc1. The normalized spacial score (nSPS) is 10.9. The number of anilines is 2. The lowest BCUT2D eigenvalue weighted by atomic mass is 10.2. The van der Waals surface area contributed by atoms with Crippen LogP contribution in [0.3, 0.4) is 0 Å². The molecule has 0 aliphatic heterocycles. The summed E-state index contributed by atoms with van der Waals surface area (Å²) in [6.07, 6.45) is 4.79. The van der Waals surface area contributed by atoms with Crippen molar-refractivity contribution in [1.29, 1.82) is 0 Å². The van der Waals surface area contributed by atoms with E-state index in [-0.39, 0.29) is 17.4 Å². The number of hydrogen-bond donors (Lipinski definition) is 3. The average molecular weight is 601 g/mol. The lowest BCUT2D eigenvalue weighted by molar-refractivity contribution is -0.114. The first-order valence-electron chi connectivity index (χ1n) is 13.7. The minimum atomic E-state index is -0.488. The molecule has 1 heterocycles. The summed E-state index contributed by atoms with van der Waals surface area (Å²) in [6, 6.07) is 35.9. The molecule has 5 rings (SSSR count). The van der Waals surface area contributed by atoms with Gasteiger partial charge in [0, 0.05) is 34.2 Å². The Labute approximate surface area is 259 Å². The first kappa shape index (κ1) is 29.8. The van der Waals surface area contributed by atoms with Crippen molar-refractivity contribution in [1.82, 2.24) is 10.3 Å². The van der Waals surface area contributed by atoms with E-state index in [0.29, 0.717) is 28.3 Å². The number of amides is 3. The van der Waals surface area contributed by atoms with Gasteiger partial charge in [0.05, 0.1) is 5.75 Å². The predicted molar refractivity (Wildman–Crippen MR) is 174 cm³/mol. The van der Waals surface area contributed by atoms with Crippen LogP contribution in [0.25, 0.3) is 6.08 Å². The molecule has 1 aromatic heterocycles. The van der Waals surface area contributed by atoms with Crippen molar-refractivity contribution >= 4 is 46.9 Å². The summed E-state index contributed by atoms with van der Waals surface area (Å²) in [5.41, 5.74) is 2.36. The third-order valence-electron chi connectivity index (χ3n) is 6.12. The molecule has 0 radical (unpaired) electrons. The number of carbonyl (C=O) groups excluding carboxylic acids is 3. The molecule has 9 heteroatoms. The molecular weight excluding hydrogens is 572 g/mol. The first-order chi connectivity index (χ1) is 21.5. The standard InChI is InChI=1S/C35H28N4O4S/c40-33(37-27-13-17-30(18-14-27)43-29-11-5-2-6-12-29)24-44-31-19-15-28(16-20-31)38-35(42)32(22-25-8-7-21-36-23-25)39-34(41)26-9-3-1-4-10-26/h1-23H,24H2,(H,37,40)(H,38,42)(H,39,41)/b32-22-. The molecule has 0 bridgehead atoms. The summed E-state index contributed by atoms with van der Waals surface area (Å²) in [6.45, 7) is 0. The van der Waals surface area contributed by atoms with Crippen LogP contribution in [0, 0.1) is 0 Å². The van der Waals surface area contributed by atoms with Gasteiger partial charge in [0.1, 0.15) is 17.2 Å². The third kappa shape index (κ3) is 8.91. The molecule has 3 N–H and O–H groups in total. The maximum Gasteiger partial charge on any atom is 0.272 e. The quantitative estimate of drug-likeness (QED) is 0.111. The maximum absolute atomic E-state index is 13.2. The van der Waals surface area contributed by atoms with E-state index in [2.05, 4.69) is 20.9 Å². The molecule has 0 saturated carbocycles. The number of rotatable bonds is 11. The Morgan fingerprint density at radius 2 is 1.34 bits per heavy atom. The number of hydrogen-bond acceptors (Lipinski definition) is 6. The lowest BCUT2D eigenvalue weighted by Gasteiger charge is -2.12. The molecule has 0 aliphatic rings. The molecular formula is C35H28N4O4S. The Morgan fingerprint density at radius 3 is 2.02 bits per heavy atom. The zero-order chi connectivity index (χ0) is 30.6. The number of benzene rings is 4. The number of nitrogens with one attached hydrogen (secondary N) is 3. The Kier molecular flexibility index (Phi) is 10.2. The summed E-state index contributed by atoms with van der Waals surface area (Å²) in [7, 11) is 0. The second kappa shape index (κ2) is 15.0. The van der Waals surface area contributed by atoms with E-state index in [1.807, 2.05) is 48.5 Å². The third-order valence-corrected chi connectivity index (χ3v) is 7.14. The van der Waals surface area contributed by atoms with Gasteiger partial charge in [0.25, 0.3) is 11.8 Å². The molecule has 4 aromatic carbocycles. The van der Waals surface area contributed by atoms with Crippen LogP contribution in [0.5, 0.6) is 11.5 Å². The zero-order valence-corrected chi connectivity index (χ0v) is 24.3. The van der Waals surface area contributed by atoms with E-state index in [9.17, 15) is 14.4 Å². The summed E-state index contributed by atoms with van der Waals surface area (Å²) >= 11 is 1.37. The van der Waals surface area contributed by atoms with Crippen LogP contribution in [0.2, 0.25) is 0 Å². The van der Waals surface area contributed by atoms with Gasteiger partial charge in [-0.2, -0.15) is 0 Å². The van der Waals surface area contributed by atoms with Crippen LogP contribution in [0.15, 0.2) is 144 Å². The van der Waals surface area contributed by atoms with Crippen LogP contribution >= 0.6 is 11.8 Å². The van der Waals surface area contributed by atoms with Gasteiger partial charge in [-0.15, -0.1) is 11.8 Å². The smallest absolute Gasteiger partial charge is 0.272 e. The van der Waals surface area contributed by atoms with Gasteiger partial charge in [-0.1, -0.05) is 42.5 Å². The van der Waals surface area contributed by atoms with Crippen molar-refractivity contribution in [2.75, 3.05) is 16.4 Å². The fourth-order valence-corrected chi connectivity index (χ4v) is 4.68. The molecule has 8 nitrogen and oxygen atoms in total. The second-order valence-corrected chi connectivity index (χ2v) is 10.5. The number of ether oxygens (including phenoxy) is 1. The average Bonchev–Trinajstić information content (AvgIpc) is 3.06. The summed E-state index contributed by atoms with van der Waals surface area (Å²) < 4.78 is 5.79. The number of thioether (sulfide) groups is 1. The second-order valence-electron chi connectivity index (χ2n) is 9.42. The van der Waals surface area contributed by atoms with Crippen LogP contribution < -0.4 is 20.7 Å². The minimum absolute atomic E-state index is 0.0710. The maximum atomic E-state index is 13.2. The topological polar surface area (TPSA) is 109 Å². The first-order valence-corrected chi connectivity index (χ1v) is 14.7. The van der Waals surface area contributed by atoms with E-state index in [1.165, 1.54) is 11.8 Å². The van der Waals surface area contributed by atoms with Gasteiger partial charge < -0.3 is 20.7 Å². The van der Waals surface area contributed by atoms with E-state index in [0.717, 1.165) is 10.6 Å². The molecule has 5 aromatic rings. The Morgan fingerprint density at radius 1 is 0.705 bits per heavy atom. The molecule has 0 spiro atoms. The highest BCUT2D eigenvalue weighted by Gasteiger charge is 2.15. The van der Waals surface area contributed by atoms with Crippen molar-refractivity contribution in [3.05, 3.63) is 151 Å². The monoisotopic (exact) mass is 600 g/mol. The fraction of sp³-hybridized carbons (Fsp3) is 0.0286. The fourth-order valence-electron chi connectivity index (χ4n) is 3.98. The van der Waals surface area contributed by atoms with Crippen molar-refractivity contribution in [2.45, 2.75) is 4.90 Å². The molecule has 0 saturated heterocycles. The van der Waals surface area contributed by atoms with Gasteiger partial charge in [-0.25, -0.2) is 0 Å². The number of para-hydroxylation sites is 1.